The third-order valence-electron chi connectivity index (χ3n) is 4.03. The zero-order chi connectivity index (χ0) is 14.8. The Kier molecular flexibility index (Phi) is 4.83. The summed E-state index contributed by atoms with van der Waals surface area (Å²) in [4.78, 5) is 0.367. The number of benzene rings is 1. The van der Waals surface area contributed by atoms with Crippen LogP contribution in [0.1, 0.15) is 31.9 Å². The lowest BCUT2D eigenvalue weighted by Gasteiger charge is -2.19. The van der Waals surface area contributed by atoms with Crippen LogP contribution in [0.4, 0.5) is 0 Å². The van der Waals surface area contributed by atoms with Gasteiger partial charge in [-0.15, -0.1) is 0 Å². The summed E-state index contributed by atoms with van der Waals surface area (Å²) in [6.45, 7) is 5.99. The molecule has 0 saturated carbocycles. The van der Waals surface area contributed by atoms with Crippen LogP contribution in [0.25, 0.3) is 0 Å². The number of rotatable bonds is 5. The largest absolute Gasteiger partial charge is 0.378 e. The second-order valence-electron chi connectivity index (χ2n) is 5.60. The van der Waals surface area contributed by atoms with Gasteiger partial charge in [0, 0.05) is 25.4 Å². The highest BCUT2D eigenvalue weighted by Gasteiger charge is 2.24. The highest BCUT2D eigenvalue weighted by molar-refractivity contribution is 7.90. The van der Waals surface area contributed by atoms with Crippen molar-refractivity contribution >= 4 is 9.84 Å². The number of hydrogen-bond donors (Lipinski definition) is 1. The van der Waals surface area contributed by atoms with Gasteiger partial charge in [0.05, 0.1) is 11.0 Å². The summed E-state index contributed by atoms with van der Waals surface area (Å²) in [6.07, 6.45) is 2.65. The molecule has 1 aliphatic heterocycles. The van der Waals surface area contributed by atoms with Gasteiger partial charge in [-0.05, 0) is 43.9 Å². The SMILES string of the molecule is CC(NCC1CCOC1C)c1ccc(S(C)(=O)=O)cc1. The lowest BCUT2D eigenvalue weighted by atomic mass is 10.0. The first-order valence-corrected chi connectivity index (χ1v) is 8.92. The van der Waals surface area contributed by atoms with Crippen LogP contribution in [0, 0.1) is 5.92 Å². The third-order valence-corrected chi connectivity index (χ3v) is 5.16. The summed E-state index contributed by atoms with van der Waals surface area (Å²) in [5, 5.41) is 3.50. The van der Waals surface area contributed by atoms with Gasteiger partial charge in [0.1, 0.15) is 0 Å². The van der Waals surface area contributed by atoms with Crippen LogP contribution in [0.15, 0.2) is 29.2 Å². The Morgan fingerprint density at radius 3 is 2.50 bits per heavy atom. The molecule has 0 aromatic heterocycles. The van der Waals surface area contributed by atoms with E-state index in [0.717, 1.165) is 25.1 Å². The van der Waals surface area contributed by atoms with E-state index in [1.807, 2.05) is 12.1 Å². The first-order chi connectivity index (χ1) is 9.38. The van der Waals surface area contributed by atoms with Crippen molar-refractivity contribution in [3.63, 3.8) is 0 Å². The quantitative estimate of drug-likeness (QED) is 0.905. The summed E-state index contributed by atoms with van der Waals surface area (Å²) in [5.41, 5.74) is 1.10. The molecule has 1 aromatic rings. The first kappa shape index (κ1) is 15.5. The normalized spacial score (nSPS) is 24.8. The van der Waals surface area contributed by atoms with Gasteiger partial charge in [-0.2, -0.15) is 0 Å². The van der Waals surface area contributed by atoms with Crippen molar-refractivity contribution in [2.75, 3.05) is 19.4 Å². The number of hydrogen-bond acceptors (Lipinski definition) is 4. The summed E-state index contributed by atoms with van der Waals surface area (Å²) < 4.78 is 28.4. The Hall–Kier alpha value is -0.910. The summed E-state index contributed by atoms with van der Waals surface area (Å²) in [5.74, 6) is 0.563. The molecule has 1 aromatic carbocycles. The van der Waals surface area contributed by atoms with Crippen molar-refractivity contribution in [3.8, 4) is 0 Å². The third kappa shape index (κ3) is 3.81. The lowest BCUT2D eigenvalue weighted by molar-refractivity contribution is 0.105. The summed E-state index contributed by atoms with van der Waals surface area (Å²) in [7, 11) is -3.11. The molecule has 1 heterocycles. The van der Waals surface area contributed by atoms with Gasteiger partial charge < -0.3 is 10.1 Å². The maximum absolute atomic E-state index is 11.4. The average molecular weight is 297 g/mol. The van der Waals surface area contributed by atoms with E-state index in [0.29, 0.717) is 16.9 Å². The predicted molar refractivity (Wildman–Crippen MR) is 79.5 cm³/mol. The molecule has 1 saturated heterocycles. The Bertz CT molecular complexity index is 539. The molecule has 0 aliphatic carbocycles. The standard InChI is InChI=1S/C15H23NO3S/c1-11(16-10-14-8-9-19-12(14)2)13-4-6-15(7-5-13)20(3,17)18/h4-7,11-12,14,16H,8-10H2,1-3H3. The molecule has 5 heteroatoms. The molecule has 112 valence electrons. The molecule has 0 radical (unpaired) electrons. The van der Waals surface area contributed by atoms with Crippen molar-refractivity contribution in [2.24, 2.45) is 5.92 Å². The molecular formula is C15H23NO3S. The van der Waals surface area contributed by atoms with Crippen LogP contribution in [-0.4, -0.2) is 33.9 Å². The predicted octanol–water partition coefficient (Wildman–Crippen LogP) is 2.17. The van der Waals surface area contributed by atoms with Crippen LogP contribution in [-0.2, 0) is 14.6 Å². The van der Waals surface area contributed by atoms with Crippen LogP contribution >= 0.6 is 0 Å². The van der Waals surface area contributed by atoms with Gasteiger partial charge in [0.15, 0.2) is 9.84 Å². The van der Waals surface area contributed by atoms with E-state index >= 15 is 0 Å². The van der Waals surface area contributed by atoms with Crippen molar-refractivity contribution < 1.29 is 13.2 Å². The van der Waals surface area contributed by atoms with Crippen LogP contribution < -0.4 is 5.32 Å². The van der Waals surface area contributed by atoms with E-state index in [4.69, 9.17) is 4.74 Å². The summed E-state index contributed by atoms with van der Waals surface area (Å²) in [6, 6.07) is 7.30. The van der Waals surface area contributed by atoms with E-state index in [1.165, 1.54) is 6.26 Å². The van der Waals surface area contributed by atoms with Gasteiger partial charge in [-0.25, -0.2) is 8.42 Å². The lowest BCUT2D eigenvalue weighted by Crippen LogP contribution is -2.29. The molecule has 0 spiro atoms. The zero-order valence-electron chi connectivity index (χ0n) is 12.3. The van der Waals surface area contributed by atoms with E-state index in [9.17, 15) is 8.42 Å². The molecule has 4 nitrogen and oxygen atoms in total. The molecule has 1 fully saturated rings. The van der Waals surface area contributed by atoms with Gasteiger partial charge in [0.25, 0.3) is 0 Å². The van der Waals surface area contributed by atoms with Gasteiger partial charge in [-0.3, -0.25) is 0 Å². The topological polar surface area (TPSA) is 55.4 Å². The zero-order valence-corrected chi connectivity index (χ0v) is 13.1. The Morgan fingerprint density at radius 2 is 2.00 bits per heavy atom. The maximum Gasteiger partial charge on any atom is 0.175 e. The Balaban J connectivity index is 1.94. The molecule has 0 amide bonds. The minimum atomic E-state index is -3.11. The van der Waals surface area contributed by atoms with E-state index in [2.05, 4.69) is 19.2 Å². The van der Waals surface area contributed by atoms with Crippen molar-refractivity contribution in [1.29, 1.82) is 0 Å². The van der Waals surface area contributed by atoms with Crippen molar-refractivity contribution in [1.82, 2.24) is 5.32 Å². The molecule has 0 bridgehead atoms. The maximum atomic E-state index is 11.4. The second kappa shape index (κ2) is 6.24. The van der Waals surface area contributed by atoms with Crippen LogP contribution in [0.5, 0.6) is 0 Å². The minimum absolute atomic E-state index is 0.205. The average Bonchev–Trinajstić information content (AvgIpc) is 2.81. The fourth-order valence-corrected chi connectivity index (χ4v) is 3.12. The molecule has 3 unspecified atom stereocenters. The molecule has 20 heavy (non-hydrogen) atoms. The molecule has 3 atom stereocenters. The van der Waals surface area contributed by atoms with Gasteiger partial charge >= 0.3 is 0 Å². The van der Waals surface area contributed by atoms with Crippen molar-refractivity contribution in [3.05, 3.63) is 29.8 Å². The number of ether oxygens (including phenoxy) is 1. The Labute approximate surface area is 121 Å². The van der Waals surface area contributed by atoms with Crippen molar-refractivity contribution in [2.45, 2.75) is 37.3 Å². The number of sulfone groups is 1. The fraction of sp³-hybridized carbons (Fsp3) is 0.600. The number of nitrogens with one attached hydrogen (secondary N) is 1. The summed E-state index contributed by atoms with van der Waals surface area (Å²) >= 11 is 0. The molecule has 1 aliphatic rings. The van der Waals surface area contributed by atoms with Gasteiger partial charge in [0.2, 0.25) is 0 Å². The fourth-order valence-electron chi connectivity index (χ4n) is 2.49. The van der Waals surface area contributed by atoms with E-state index in [1.54, 1.807) is 12.1 Å². The van der Waals surface area contributed by atoms with E-state index < -0.39 is 9.84 Å². The van der Waals surface area contributed by atoms with Crippen LogP contribution in [0.2, 0.25) is 0 Å². The minimum Gasteiger partial charge on any atom is -0.378 e. The van der Waals surface area contributed by atoms with Crippen LogP contribution in [0.3, 0.4) is 0 Å². The smallest absolute Gasteiger partial charge is 0.175 e. The highest BCUT2D eigenvalue weighted by atomic mass is 32.2. The van der Waals surface area contributed by atoms with Gasteiger partial charge in [-0.1, -0.05) is 12.1 Å². The molecule has 1 N–H and O–H groups in total. The second-order valence-corrected chi connectivity index (χ2v) is 7.61. The monoisotopic (exact) mass is 297 g/mol. The highest BCUT2D eigenvalue weighted by Crippen LogP contribution is 2.21. The van der Waals surface area contributed by atoms with E-state index in [-0.39, 0.29) is 6.04 Å². The Morgan fingerprint density at radius 1 is 1.35 bits per heavy atom. The molecule has 2 rings (SSSR count). The first-order valence-electron chi connectivity index (χ1n) is 7.03. The molecular weight excluding hydrogens is 274 g/mol.